The molecule has 0 aliphatic rings. The molecule has 0 aromatic heterocycles. The van der Waals surface area contributed by atoms with Gasteiger partial charge in [0, 0.05) is 24.1 Å². The fourth-order valence-corrected chi connectivity index (χ4v) is 4.17. The highest BCUT2D eigenvalue weighted by Gasteiger charge is 2.20. The first-order valence-corrected chi connectivity index (χ1v) is 13.9. The van der Waals surface area contributed by atoms with Gasteiger partial charge in [-0.2, -0.15) is 0 Å². The van der Waals surface area contributed by atoms with Gasteiger partial charge in [0.15, 0.2) is 6.10 Å². The quantitative estimate of drug-likeness (QED) is 0.133. The number of ketones is 1. The van der Waals surface area contributed by atoms with Gasteiger partial charge in [-0.1, -0.05) is 42.5 Å². The van der Waals surface area contributed by atoms with Crippen molar-refractivity contribution in [1.82, 2.24) is 0 Å². The molecule has 1 atom stereocenters. The molecule has 1 unspecified atom stereocenters. The van der Waals surface area contributed by atoms with Gasteiger partial charge in [-0.05, 0) is 98.5 Å². The zero-order chi connectivity index (χ0) is 29.9. The lowest BCUT2D eigenvalue weighted by Crippen LogP contribution is -2.24. The maximum atomic E-state index is 12.7. The first-order chi connectivity index (χ1) is 20.3. The van der Waals surface area contributed by atoms with Gasteiger partial charge in [0.2, 0.25) is 11.7 Å². The third-order valence-corrected chi connectivity index (χ3v) is 6.56. The number of esters is 1. The number of carbonyl (C=O) groups excluding carboxylic acids is 3. The molecule has 216 valence electrons. The monoisotopic (exact) mass is 565 g/mol. The van der Waals surface area contributed by atoms with Gasteiger partial charge in [0.25, 0.3) is 0 Å². The van der Waals surface area contributed by atoms with E-state index in [2.05, 4.69) is 5.32 Å². The summed E-state index contributed by atoms with van der Waals surface area (Å²) in [5.74, 6) is 1.04. The second-order valence-electron chi connectivity index (χ2n) is 10.1. The Morgan fingerprint density at radius 1 is 0.786 bits per heavy atom. The van der Waals surface area contributed by atoms with E-state index in [1.807, 2.05) is 62.4 Å². The van der Waals surface area contributed by atoms with Crippen LogP contribution in [-0.2, 0) is 20.9 Å². The van der Waals surface area contributed by atoms with Gasteiger partial charge in [-0.15, -0.1) is 0 Å². The summed E-state index contributed by atoms with van der Waals surface area (Å²) in [5, 5.41) is 2.82. The molecule has 4 rings (SSSR count). The number of amides is 1. The highest BCUT2D eigenvalue weighted by Crippen LogP contribution is 2.27. The van der Waals surface area contributed by atoms with Crippen LogP contribution in [0.2, 0.25) is 0 Å². The summed E-state index contributed by atoms with van der Waals surface area (Å²) in [7, 11) is 0. The molecule has 4 aromatic carbocycles. The standard InChI is InChI=1S/C35H35NO6/c1-24-12-13-25(2)32(22-24)42-31-20-16-29(17-21-31)36-33(37)10-7-11-34(38)41-26(3)35(39)28-14-18-30(19-15-28)40-23-27-8-5-4-6-9-27/h4-6,8-9,12-22,26H,7,10-11,23H2,1-3H3,(H,36,37). The SMILES string of the molecule is Cc1ccc(C)c(Oc2ccc(NC(=O)CCCC(=O)OC(C)C(=O)c3ccc(OCc4ccccc4)cc3)cc2)c1. The molecular formula is C35H35NO6. The Hall–Kier alpha value is -4.91. The number of aryl methyl sites for hydroxylation is 2. The van der Waals surface area contributed by atoms with E-state index in [9.17, 15) is 14.4 Å². The molecule has 0 radical (unpaired) electrons. The van der Waals surface area contributed by atoms with Crippen molar-refractivity contribution >= 4 is 23.3 Å². The predicted octanol–water partition coefficient (Wildman–Crippen LogP) is 7.60. The first kappa shape index (κ1) is 30.1. The smallest absolute Gasteiger partial charge is 0.306 e. The Labute approximate surface area is 246 Å². The average molecular weight is 566 g/mol. The third-order valence-electron chi connectivity index (χ3n) is 6.56. The van der Waals surface area contributed by atoms with Crippen LogP contribution in [0.3, 0.4) is 0 Å². The van der Waals surface area contributed by atoms with Gasteiger partial charge in [0.1, 0.15) is 23.9 Å². The highest BCUT2D eigenvalue weighted by atomic mass is 16.5. The second-order valence-corrected chi connectivity index (χ2v) is 10.1. The molecule has 0 bridgehead atoms. The number of carbonyl (C=O) groups is 3. The summed E-state index contributed by atoms with van der Waals surface area (Å²) in [4.78, 5) is 37.4. The minimum Gasteiger partial charge on any atom is -0.489 e. The van der Waals surface area contributed by atoms with Crippen molar-refractivity contribution in [2.45, 2.75) is 52.7 Å². The maximum Gasteiger partial charge on any atom is 0.306 e. The molecule has 4 aromatic rings. The van der Waals surface area contributed by atoms with Crippen LogP contribution in [0.25, 0.3) is 0 Å². The zero-order valence-electron chi connectivity index (χ0n) is 24.1. The molecule has 0 saturated heterocycles. The van der Waals surface area contributed by atoms with Crippen molar-refractivity contribution in [3.8, 4) is 17.2 Å². The number of nitrogens with one attached hydrogen (secondary N) is 1. The molecule has 1 N–H and O–H groups in total. The predicted molar refractivity (Wildman–Crippen MR) is 162 cm³/mol. The van der Waals surface area contributed by atoms with Crippen LogP contribution in [0.15, 0.2) is 97.1 Å². The Kier molecular flexibility index (Phi) is 10.5. The van der Waals surface area contributed by atoms with Crippen LogP contribution in [0, 0.1) is 13.8 Å². The molecule has 0 heterocycles. The fourth-order valence-electron chi connectivity index (χ4n) is 4.17. The Bertz CT molecular complexity index is 1500. The van der Waals surface area contributed by atoms with Crippen LogP contribution in [0.1, 0.15) is 53.2 Å². The van der Waals surface area contributed by atoms with Gasteiger partial charge in [0.05, 0.1) is 0 Å². The summed E-state index contributed by atoms with van der Waals surface area (Å²) < 4.78 is 17.0. The van der Waals surface area contributed by atoms with E-state index in [0.29, 0.717) is 35.8 Å². The van der Waals surface area contributed by atoms with Gasteiger partial charge < -0.3 is 19.5 Å². The van der Waals surface area contributed by atoms with E-state index in [0.717, 1.165) is 22.4 Å². The summed E-state index contributed by atoms with van der Waals surface area (Å²) in [6, 6.07) is 29.7. The lowest BCUT2D eigenvalue weighted by atomic mass is 10.1. The van der Waals surface area contributed by atoms with Crippen LogP contribution >= 0.6 is 0 Å². The van der Waals surface area contributed by atoms with Crippen molar-refractivity contribution in [3.63, 3.8) is 0 Å². The molecule has 0 fully saturated rings. The molecule has 0 aliphatic heterocycles. The zero-order valence-corrected chi connectivity index (χ0v) is 24.1. The fraction of sp³-hybridized carbons (Fsp3) is 0.229. The highest BCUT2D eigenvalue weighted by molar-refractivity contribution is 6.00. The van der Waals surface area contributed by atoms with Crippen LogP contribution in [0.5, 0.6) is 17.2 Å². The van der Waals surface area contributed by atoms with Crippen molar-refractivity contribution < 1.29 is 28.6 Å². The summed E-state index contributed by atoms with van der Waals surface area (Å²) in [6.45, 7) is 5.96. The molecule has 0 saturated carbocycles. The van der Waals surface area contributed by atoms with E-state index in [4.69, 9.17) is 14.2 Å². The average Bonchev–Trinajstić information content (AvgIpc) is 2.99. The van der Waals surface area contributed by atoms with Gasteiger partial charge in [-0.3, -0.25) is 14.4 Å². The maximum absolute atomic E-state index is 12.7. The number of anilines is 1. The minimum atomic E-state index is -0.938. The number of hydrogen-bond donors (Lipinski definition) is 1. The van der Waals surface area contributed by atoms with E-state index in [1.54, 1.807) is 55.5 Å². The Balaban J connectivity index is 1.15. The summed E-state index contributed by atoms with van der Waals surface area (Å²) in [5.41, 5.74) is 4.25. The van der Waals surface area contributed by atoms with Gasteiger partial charge >= 0.3 is 5.97 Å². The third kappa shape index (κ3) is 9.06. The van der Waals surface area contributed by atoms with Crippen molar-refractivity contribution in [1.29, 1.82) is 0 Å². The van der Waals surface area contributed by atoms with E-state index in [1.165, 1.54) is 0 Å². The number of benzene rings is 4. The van der Waals surface area contributed by atoms with Gasteiger partial charge in [-0.25, -0.2) is 0 Å². The summed E-state index contributed by atoms with van der Waals surface area (Å²) >= 11 is 0. The summed E-state index contributed by atoms with van der Waals surface area (Å²) in [6.07, 6.45) is -0.471. The van der Waals surface area contributed by atoms with Crippen molar-refractivity contribution in [3.05, 3.63) is 119 Å². The number of ether oxygens (including phenoxy) is 3. The molecule has 42 heavy (non-hydrogen) atoms. The van der Waals surface area contributed by atoms with Crippen molar-refractivity contribution in [2.75, 3.05) is 5.32 Å². The topological polar surface area (TPSA) is 90.9 Å². The molecule has 0 aliphatic carbocycles. The lowest BCUT2D eigenvalue weighted by molar-refractivity contribution is -0.146. The molecular weight excluding hydrogens is 530 g/mol. The van der Waals surface area contributed by atoms with E-state index in [-0.39, 0.29) is 24.5 Å². The number of hydrogen-bond acceptors (Lipinski definition) is 6. The van der Waals surface area contributed by atoms with Crippen molar-refractivity contribution in [2.24, 2.45) is 0 Å². The first-order valence-electron chi connectivity index (χ1n) is 13.9. The normalized spacial score (nSPS) is 11.3. The second kappa shape index (κ2) is 14.6. The minimum absolute atomic E-state index is 0.0277. The molecule has 1 amide bonds. The van der Waals surface area contributed by atoms with Crippen LogP contribution in [0.4, 0.5) is 5.69 Å². The lowest BCUT2D eigenvalue weighted by Gasteiger charge is -2.13. The largest absolute Gasteiger partial charge is 0.489 e. The van der Waals surface area contributed by atoms with Crippen LogP contribution < -0.4 is 14.8 Å². The van der Waals surface area contributed by atoms with E-state index >= 15 is 0 Å². The Morgan fingerprint density at radius 3 is 2.19 bits per heavy atom. The Morgan fingerprint density at radius 2 is 1.48 bits per heavy atom. The van der Waals surface area contributed by atoms with Crippen LogP contribution in [-0.4, -0.2) is 23.8 Å². The molecule has 0 spiro atoms. The van der Waals surface area contributed by atoms with E-state index < -0.39 is 12.1 Å². The number of rotatable bonds is 13. The molecule has 7 heteroatoms. The molecule has 7 nitrogen and oxygen atoms in total. The number of Topliss-reactive ketones (excluding diaryl/α,β-unsaturated/α-hetero) is 1.